The number of hydrogen-bond acceptors (Lipinski definition) is 5. The van der Waals surface area contributed by atoms with Crippen LogP contribution < -0.4 is 4.90 Å². The third-order valence-corrected chi connectivity index (χ3v) is 9.28. The lowest BCUT2D eigenvalue weighted by atomic mass is 9.79. The van der Waals surface area contributed by atoms with Crippen LogP contribution in [0.1, 0.15) is 92.7 Å². The smallest absolute Gasteiger partial charge is 0.416 e. The molecule has 1 aliphatic heterocycles. The molecule has 2 aliphatic rings. The van der Waals surface area contributed by atoms with Crippen molar-refractivity contribution in [2.24, 2.45) is 11.8 Å². The Morgan fingerprint density at radius 2 is 1.40 bits per heavy atom. The van der Waals surface area contributed by atoms with E-state index in [1.54, 1.807) is 13.8 Å². The van der Waals surface area contributed by atoms with Crippen molar-refractivity contribution in [3.05, 3.63) is 64.2 Å². The highest BCUT2D eigenvalue weighted by Gasteiger charge is 2.44. The average Bonchev–Trinajstić information content (AvgIpc) is 3.04. The Morgan fingerprint density at radius 1 is 0.820 bits per heavy atom. The third-order valence-electron chi connectivity index (χ3n) is 9.28. The number of ether oxygens (including phenoxy) is 2. The number of carbonyl (C=O) groups is 3. The van der Waals surface area contributed by atoms with Gasteiger partial charge in [0.2, 0.25) is 5.91 Å². The molecule has 0 saturated heterocycles. The Morgan fingerprint density at radius 3 is 1.90 bits per heavy atom. The highest BCUT2D eigenvalue weighted by atomic mass is 19.4. The van der Waals surface area contributed by atoms with Crippen LogP contribution in [0, 0.1) is 11.8 Å². The summed E-state index contributed by atoms with van der Waals surface area (Å²) in [5, 5.41) is 0. The van der Waals surface area contributed by atoms with Gasteiger partial charge in [-0.1, -0.05) is 6.92 Å². The van der Waals surface area contributed by atoms with Gasteiger partial charge in [-0.15, -0.1) is 0 Å². The van der Waals surface area contributed by atoms with E-state index in [1.165, 1.54) is 4.90 Å². The summed E-state index contributed by atoms with van der Waals surface area (Å²) in [6.07, 6.45) is -14.3. The molecule has 0 N–H and O–H groups in total. The van der Waals surface area contributed by atoms with E-state index in [-0.39, 0.29) is 61.0 Å². The molecule has 276 valence electrons. The van der Waals surface area contributed by atoms with Gasteiger partial charge in [0.25, 0.3) is 0 Å². The molecule has 7 nitrogen and oxygen atoms in total. The molecule has 2 amide bonds. The zero-order valence-electron chi connectivity index (χ0n) is 27.5. The SMILES string of the molecule is CCOC(=O)CC1CCC(C(=O)N2c3ccc(C(F)(F)F)cc3[C@@H](N(Cc3cc(C(F)(F)F)cc(C(F)(F)F)c3)C(=O)OC)C[C@H]2CC)CC1. The largest absolute Gasteiger partial charge is 0.466 e. The van der Waals surface area contributed by atoms with Crippen LogP contribution in [0.5, 0.6) is 0 Å². The van der Waals surface area contributed by atoms with Crippen molar-refractivity contribution >= 4 is 23.7 Å². The van der Waals surface area contributed by atoms with Crippen LogP contribution >= 0.6 is 0 Å². The van der Waals surface area contributed by atoms with Crippen molar-refractivity contribution in [3.63, 3.8) is 0 Å². The number of anilines is 1. The molecule has 0 unspecified atom stereocenters. The topological polar surface area (TPSA) is 76.2 Å². The molecule has 0 aromatic heterocycles. The minimum atomic E-state index is -5.18. The van der Waals surface area contributed by atoms with Crippen LogP contribution in [-0.4, -0.2) is 42.6 Å². The van der Waals surface area contributed by atoms with Crippen LogP contribution in [0.25, 0.3) is 0 Å². The fraction of sp³-hybridized carbons (Fsp3) is 0.559. The van der Waals surface area contributed by atoms with E-state index in [9.17, 15) is 53.9 Å². The van der Waals surface area contributed by atoms with Crippen molar-refractivity contribution in [2.45, 2.75) is 96.0 Å². The Labute approximate surface area is 282 Å². The van der Waals surface area contributed by atoms with Crippen LogP contribution in [0.3, 0.4) is 0 Å². The number of methoxy groups -OCH3 is 1. The van der Waals surface area contributed by atoms with Gasteiger partial charge in [0.15, 0.2) is 0 Å². The molecule has 1 aliphatic carbocycles. The molecule has 2 aromatic rings. The van der Waals surface area contributed by atoms with Gasteiger partial charge < -0.3 is 14.4 Å². The average molecular weight is 725 g/mol. The summed E-state index contributed by atoms with van der Waals surface area (Å²) >= 11 is 0. The van der Waals surface area contributed by atoms with Gasteiger partial charge in [0.05, 0.1) is 36.4 Å². The molecule has 1 saturated carbocycles. The van der Waals surface area contributed by atoms with Crippen molar-refractivity contribution in [1.29, 1.82) is 0 Å². The first-order valence-corrected chi connectivity index (χ1v) is 16.1. The van der Waals surface area contributed by atoms with Crippen molar-refractivity contribution in [1.82, 2.24) is 4.90 Å². The maximum atomic E-state index is 14.1. The molecule has 0 radical (unpaired) electrons. The van der Waals surface area contributed by atoms with Gasteiger partial charge in [0.1, 0.15) is 0 Å². The van der Waals surface area contributed by atoms with E-state index in [1.807, 2.05) is 0 Å². The van der Waals surface area contributed by atoms with Gasteiger partial charge in [-0.25, -0.2) is 4.79 Å². The fourth-order valence-corrected chi connectivity index (χ4v) is 6.84. The van der Waals surface area contributed by atoms with Crippen LogP contribution in [-0.2, 0) is 44.1 Å². The number of rotatable bonds is 8. The number of alkyl halides is 9. The number of carbonyl (C=O) groups excluding carboxylic acids is 3. The minimum absolute atomic E-state index is 0.00485. The third kappa shape index (κ3) is 8.84. The van der Waals surface area contributed by atoms with E-state index >= 15 is 0 Å². The molecule has 16 heteroatoms. The summed E-state index contributed by atoms with van der Waals surface area (Å²) in [6.45, 7) is 2.75. The molecule has 1 fully saturated rings. The number of fused-ring (bicyclic) bond motifs is 1. The molecular weight excluding hydrogens is 687 g/mol. The number of hydrogen-bond donors (Lipinski definition) is 0. The lowest BCUT2D eigenvalue weighted by molar-refractivity contribution is -0.145. The van der Waals surface area contributed by atoms with Gasteiger partial charge >= 0.3 is 30.6 Å². The van der Waals surface area contributed by atoms with Crippen molar-refractivity contribution in [3.8, 4) is 0 Å². The molecule has 4 rings (SSSR count). The van der Waals surface area contributed by atoms with Crippen LogP contribution in [0.4, 0.5) is 50.0 Å². The number of halogens is 9. The maximum absolute atomic E-state index is 14.1. The lowest BCUT2D eigenvalue weighted by Gasteiger charge is -2.45. The Hall–Kier alpha value is -3.98. The van der Waals surface area contributed by atoms with E-state index in [4.69, 9.17) is 9.47 Å². The predicted molar refractivity (Wildman–Crippen MR) is 161 cm³/mol. The number of esters is 1. The molecule has 0 bridgehead atoms. The van der Waals surface area contributed by atoms with Crippen molar-refractivity contribution in [2.75, 3.05) is 18.6 Å². The minimum Gasteiger partial charge on any atom is -0.466 e. The fourth-order valence-electron chi connectivity index (χ4n) is 6.84. The van der Waals surface area contributed by atoms with E-state index in [2.05, 4.69) is 0 Å². The summed E-state index contributed by atoms with van der Waals surface area (Å²) < 4.78 is 134. The first kappa shape index (κ1) is 38.8. The first-order valence-electron chi connectivity index (χ1n) is 16.1. The quantitative estimate of drug-likeness (QED) is 0.201. The Balaban J connectivity index is 1.76. The number of benzene rings is 2. The van der Waals surface area contributed by atoms with Crippen LogP contribution in [0.15, 0.2) is 36.4 Å². The molecule has 2 atom stereocenters. The second kappa shape index (κ2) is 15.1. The highest BCUT2D eigenvalue weighted by molar-refractivity contribution is 5.97. The van der Waals surface area contributed by atoms with Crippen molar-refractivity contribution < 1.29 is 63.4 Å². The summed E-state index contributed by atoms with van der Waals surface area (Å²) in [7, 11) is 0.921. The molecule has 0 spiro atoms. The second-order valence-electron chi connectivity index (χ2n) is 12.5. The van der Waals surface area contributed by atoms with Gasteiger partial charge in [-0.2, -0.15) is 39.5 Å². The normalized spacial score (nSPS) is 21.3. The second-order valence-corrected chi connectivity index (χ2v) is 12.5. The summed E-state index contributed by atoms with van der Waals surface area (Å²) in [5.41, 5.74) is -5.11. The van der Waals surface area contributed by atoms with E-state index in [0.29, 0.717) is 37.8 Å². The molecule has 2 aromatic carbocycles. The summed E-state index contributed by atoms with van der Waals surface area (Å²) in [6, 6.07) is 1.36. The predicted octanol–water partition coefficient (Wildman–Crippen LogP) is 9.33. The number of amides is 2. The molecule has 1 heterocycles. The first-order chi connectivity index (χ1) is 23.3. The Bertz CT molecular complexity index is 1520. The van der Waals surface area contributed by atoms with Gasteiger partial charge in [-0.3, -0.25) is 14.5 Å². The zero-order chi connectivity index (χ0) is 37.2. The van der Waals surface area contributed by atoms with Crippen LogP contribution in [0.2, 0.25) is 0 Å². The molecule has 50 heavy (non-hydrogen) atoms. The van der Waals surface area contributed by atoms with E-state index < -0.39 is 71.4 Å². The summed E-state index contributed by atoms with van der Waals surface area (Å²) in [5.74, 6) is -1.26. The summed E-state index contributed by atoms with van der Waals surface area (Å²) in [4.78, 5) is 41.5. The Kier molecular flexibility index (Phi) is 11.7. The maximum Gasteiger partial charge on any atom is 0.416 e. The standard InChI is InChI=1S/C34H37F9N2O5/c1-4-25-17-28(44(31(48)49-3)18-20-12-23(33(38,39)40)15-24(13-20)34(41,42)43)26-16-22(32(35,36)37)10-11-27(26)45(25)30(47)21-8-6-19(7-9-21)14-29(46)50-5-2/h10-13,15-16,19,21,25,28H,4-9,14,17-18H2,1-3H3/t19?,21?,25-,28+/m1/s1. The monoisotopic (exact) mass is 724 g/mol. The number of nitrogens with zero attached hydrogens (tertiary/aromatic N) is 2. The molecular formula is C34H37F9N2O5. The highest BCUT2D eigenvalue weighted by Crippen LogP contribution is 2.47. The van der Waals surface area contributed by atoms with E-state index in [0.717, 1.165) is 30.2 Å². The van der Waals surface area contributed by atoms with Gasteiger partial charge in [0, 0.05) is 30.6 Å². The zero-order valence-corrected chi connectivity index (χ0v) is 27.5. The van der Waals surface area contributed by atoms with Gasteiger partial charge in [-0.05, 0) is 98.9 Å². The lowest BCUT2D eigenvalue weighted by Crippen LogP contribution is -2.50.